The highest BCUT2D eigenvalue weighted by Crippen LogP contribution is 2.35. The third-order valence-corrected chi connectivity index (χ3v) is 5.67. The summed E-state index contributed by atoms with van der Waals surface area (Å²) in [7, 11) is 0. The van der Waals surface area contributed by atoms with E-state index in [4.69, 9.17) is 4.74 Å². The molecule has 1 aliphatic carbocycles. The number of benzene rings is 1. The molecule has 6 nitrogen and oxygen atoms in total. The number of pyridine rings is 1. The number of ether oxygens (including phenoxy) is 1. The first-order valence-corrected chi connectivity index (χ1v) is 10.4. The summed E-state index contributed by atoms with van der Waals surface area (Å²) in [5.41, 5.74) is 2.22. The molecule has 2 fully saturated rings. The van der Waals surface area contributed by atoms with Crippen LogP contribution in [0.2, 0.25) is 0 Å². The molecule has 0 radical (unpaired) electrons. The highest BCUT2D eigenvalue weighted by Gasteiger charge is 2.37. The van der Waals surface area contributed by atoms with E-state index in [9.17, 15) is 9.59 Å². The van der Waals surface area contributed by atoms with Gasteiger partial charge in [0.1, 0.15) is 5.69 Å². The van der Waals surface area contributed by atoms with E-state index < -0.39 is 0 Å². The van der Waals surface area contributed by atoms with E-state index in [0.717, 1.165) is 19.5 Å². The third-order valence-electron chi connectivity index (χ3n) is 5.67. The van der Waals surface area contributed by atoms with Crippen molar-refractivity contribution in [1.82, 2.24) is 15.2 Å². The number of rotatable bonds is 6. The number of hydrogen-bond acceptors (Lipinski definition) is 5. The monoisotopic (exact) mass is 393 g/mol. The number of amides is 1. The number of carbonyl (C=O) groups is 2. The fourth-order valence-corrected chi connectivity index (χ4v) is 4.08. The van der Waals surface area contributed by atoms with Gasteiger partial charge in [-0.1, -0.05) is 18.2 Å². The van der Waals surface area contributed by atoms with Gasteiger partial charge in [-0.3, -0.25) is 14.7 Å². The molecule has 1 aromatic carbocycles. The number of aromatic nitrogens is 1. The Balaban J connectivity index is 1.46. The maximum absolute atomic E-state index is 12.6. The maximum atomic E-state index is 12.6. The molecule has 1 saturated heterocycles. The normalized spacial score (nSPS) is 22.1. The average molecular weight is 393 g/mol. The second-order valence-corrected chi connectivity index (χ2v) is 7.85. The van der Waals surface area contributed by atoms with Crippen molar-refractivity contribution in [1.29, 1.82) is 0 Å². The molecule has 0 spiro atoms. The van der Waals surface area contributed by atoms with Gasteiger partial charge >= 0.3 is 5.97 Å². The highest BCUT2D eigenvalue weighted by molar-refractivity contribution is 5.92. The topological polar surface area (TPSA) is 71.5 Å². The molecule has 1 N–H and O–H groups in total. The molecule has 1 amide bonds. The van der Waals surface area contributed by atoms with Crippen molar-refractivity contribution in [3.63, 3.8) is 0 Å². The Morgan fingerprint density at radius 3 is 2.59 bits per heavy atom. The lowest BCUT2D eigenvalue weighted by Gasteiger charge is -2.38. The van der Waals surface area contributed by atoms with Crippen LogP contribution in [0.15, 0.2) is 48.7 Å². The summed E-state index contributed by atoms with van der Waals surface area (Å²) in [6, 6.07) is 13.8. The predicted molar refractivity (Wildman–Crippen MR) is 110 cm³/mol. The van der Waals surface area contributed by atoms with Gasteiger partial charge in [0.15, 0.2) is 0 Å². The number of esters is 1. The van der Waals surface area contributed by atoms with Crippen LogP contribution in [0.4, 0.5) is 0 Å². The van der Waals surface area contributed by atoms with Crippen LogP contribution >= 0.6 is 0 Å². The molecule has 2 heterocycles. The quantitative estimate of drug-likeness (QED) is 0.764. The first-order valence-electron chi connectivity index (χ1n) is 10.4. The number of likely N-dealkylation sites (tertiary alicyclic amines) is 1. The second kappa shape index (κ2) is 8.74. The van der Waals surface area contributed by atoms with Gasteiger partial charge in [0.2, 0.25) is 0 Å². The Kier molecular flexibility index (Phi) is 5.90. The molecule has 2 atom stereocenters. The van der Waals surface area contributed by atoms with Gasteiger partial charge < -0.3 is 10.1 Å². The molecule has 4 rings (SSSR count). The Hall–Kier alpha value is -2.73. The average Bonchev–Trinajstić information content (AvgIpc) is 3.60. The van der Waals surface area contributed by atoms with Crippen molar-refractivity contribution in [2.45, 2.75) is 44.2 Å². The van der Waals surface area contributed by atoms with Crippen molar-refractivity contribution in [2.24, 2.45) is 0 Å². The summed E-state index contributed by atoms with van der Waals surface area (Å²) in [5, 5.41) is 3.18. The molecule has 6 heteroatoms. The smallest absolute Gasteiger partial charge is 0.338 e. The van der Waals surface area contributed by atoms with Gasteiger partial charge in [0.25, 0.3) is 5.91 Å². The lowest BCUT2D eigenvalue weighted by atomic mass is 9.87. The van der Waals surface area contributed by atoms with Crippen LogP contribution in [-0.2, 0) is 4.74 Å². The van der Waals surface area contributed by atoms with E-state index in [1.165, 1.54) is 18.4 Å². The number of hydrogen-bond donors (Lipinski definition) is 1. The van der Waals surface area contributed by atoms with Gasteiger partial charge in [-0.15, -0.1) is 0 Å². The molecular weight excluding hydrogens is 366 g/mol. The minimum absolute atomic E-state index is 0.0774. The molecule has 29 heavy (non-hydrogen) atoms. The van der Waals surface area contributed by atoms with Gasteiger partial charge in [-0.05, 0) is 61.9 Å². The molecule has 2 aliphatic rings. The fourth-order valence-electron chi connectivity index (χ4n) is 4.08. The summed E-state index contributed by atoms with van der Waals surface area (Å²) >= 11 is 0. The molecule has 2 aromatic rings. The molecule has 1 aromatic heterocycles. The zero-order chi connectivity index (χ0) is 20.2. The number of nitrogens with zero attached hydrogens (tertiary/aromatic N) is 2. The summed E-state index contributed by atoms with van der Waals surface area (Å²) < 4.78 is 5.07. The first kappa shape index (κ1) is 19.6. The first-order chi connectivity index (χ1) is 14.1. The highest BCUT2D eigenvalue weighted by atomic mass is 16.5. The van der Waals surface area contributed by atoms with Crippen molar-refractivity contribution >= 4 is 11.9 Å². The molecule has 1 aliphatic heterocycles. The van der Waals surface area contributed by atoms with Gasteiger partial charge in [-0.25, -0.2) is 4.79 Å². The Bertz CT molecular complexity index is 849. The van der Waals surface area contributed by atoms with Gasteiger partial charge in [0.05, 0.1) is 12.2 Å². The zero-order valence-corrected chi connectivity index (χ0v) is 16.7. The van der Waals surface area contributed by atoms with E-state index in [0.29, 0.717) is 29.8 Å². The van der Waals surface area contributed by atoms with Crippen LogP contribution in [-0.4, -0.2) is 53.5 Å². The summed E-state index contributed by atoms with van der Waals surface area (Å²) in [4.78, 5) is 31.1. The van der Waals surface area contributed by atoms with Crippen LogP contribution in [0.3, 0.4) is 0 Å². The largest absolute Gasteiger partial charge is 0.462 e. The number of carbonyl (C=O) groups excluding carboxylic acids is 2. The fraction of sp³-hybridized carbons (Fsp3) is 0.435. The lowest BCUT2D eigenvalue weighted by Crippen LogP contribution is -2.51. The molecular formula is C23H27N3O3. The van der Waals surface area contributed by atoms with E-state index in [1.54, 1.807) is 19.2 Å². The minimum Gasteiger partial charge on any atom is -0.462 e. The number of nitrogens with one attached hydrogen (secondary N) is 1. The van der Waals surface area contributed by atoms with E-state index >= 15 is 0 Å². The second-order valence-electron chi connectivity index (χ2n) is 7.85. The molecule has 152 valence electrons. The molecule has 0 unspecified atom stereocenters. The summed E-state index contributed by atoms with van der Waals surface area (Å²) in [6.45, 7) is 4.04. The van der Waals surface area contributed by atoms with Crippen LogP contribution < -0.4 is 5.32 Å². The molecule has 1 saturated carbocycles. The van der Waals surface area contributed by atoms with Crippen LogP contribution in [0.25, 0.3) is 0 Å². The van der Waals surface area contributed by atoms with Crippen LogP contribution in [0.1, 0.15) is 58.5 Å². The Morgan fingerprint density at radius 1 is 1.14 bits per heavy atom. The van der Waals surface area contributed by atoms with Crippen molar-refractivity contribution in [2.75, 3.05) is 19.7 Å². The Labute approximate surface area is 171 Å². The van der Waals surface area contributed by atoms with Gasteiger partial charge in [0, 0.05) is 31.4 Å². The van der Waals surface area contributed by atoms with Crippen molar-refractivity contribution in [3.8, 4) is 0 Å². The summed E-state index contributed by atoms with van der Waals surface area (Å²) in [5.74, 6) is -0.0953. The van der Waals surface area contributed by atoms with Gasteiger partial charge in [-0.2, -0.15) is 0 Å². The number of piperidine rings is 1. The van der Waals surface area contributed by atoms with E-state index in [-0.39, 0.29) is 17.9 Å². The Morgan fingerprint density at radius 2 is 1.93 bits per heavy atom. The van der Waals surface area contributed by atoms with Crippen molar-refractivity contribution < 1.29 is 14.3 Å². The minimum atomic E-state index is -0.289. The zero-order valence-electron chi connectivity index (χ0n) is 16.7. The lowest BCUT2D eigenvalue weighted by molar-refractivity contribution is 0.0526. The maximum Gasteiger partial charge on any atom is 0.338 e. The van der Waals surface area contributed by atoms with Crippen molar-refractivity contribution in [3.05, 3.63) is 65.5 Å². The van der Waals surface area contributed by atoms with Crippen LogP contribution in [0, 0.1) is 0 Å². The summed E-state index contributed by atoms with van der Waals surface area (Å²) in [6.07, 6.45) is 4.98. The molecule has 0 bridgehead atoms. The van der Waals surface area contributed by atoms with Crippen LogP contribution in [0.5, 0.6) is 0 Å². The third kappa shape index (κ3) is 4.82. The standard InChI is InChI=1S/C23H27N3O3/c1-2-29-23(28)17-8-6-16(7-9-17)18-13-19(15-26(14-18)20-10-11-20)25-22(27)21-5-3-4-12-24-21/h3-9,12,18-20H,2,10-11,13-15H2,1H3,(H,25,27)/t18-,19+/m0/s1. The van der Waals surface area contributed by atoms with E-state index in [2.05, 4.69) is 15.2 Å². The SMILES string of the molecule is CCOC(=O)c1ccc([C@H]2C[C@@H](NC(=O)c3ccccn3)CN(C3CC3)C2)cc1. The predicted octanol–water partition coefficient (Wildman–Crippen LogP) is 3.01. The van der Waals surface area contributed by atoms with E-state index in [1.807, 2.05) is 36.4 Å².